The molecule has 0 saturated carbocycles. The Morgan fingerprint density at radius 3 is 2.76 bits per heavy atom. The van der Waals surface area contributed by atoms with E-state index in [-0.39, 0.29) is 0 Å². The molecule has 0 aliphatic heterocycles. The lowest BCUT2D eigenvalue weighted by molar-refractivity contribution is -0.138. The molecule has 0 bridgehead atoms. The minimum Gasteiger partial charge on any atom is -0.481 e. The first-order chi connectivity index (χ1) is 7.90. The zero-order valence-electron chi connectivity index (χ0n) is 8.61. The summed E-state index contributed by atoms with van der Waals surface area (Å²) in [5.41, 5.74) is 5.86. The van der Waals surface area contributed by atoms with Crippen LogP contribution in [0, 0.1) is 0 Å². The Hall–Kier alpha value is -1.11. The molecule has 0 aromatic heterocycles. The minimum absolute atomic E-state index is 0.427. The van der Waals surface area contributed by atoms with Gasteiger partial charge in [0.1, 0.15) is 0 Å². The van der Waals surface area contributed by atoms with Gasteiger partial charge >= 0.3 is 5.97 Å². The van der Waals surface area contributed by atoms with Gasteiger partial charge in [-0.2, -0.15) is 0 Å². The number of nitrogens with one attached hydrogen (secondary N) is 1. The number of carbonyl (C=O) groups excluding carboxylic acids is 1. The molecule has 1 unspecified atom stereocenters. The molecule has 1 aromatic carbocycles. The van der Waals surface area contributed by atoms with Crippen LogP contribution in [-0.2, 0) is 9.59 Å². The van der Waals surface area contributed by atoms with E-state index in [4.69, 9.17) is 22.4 Å². The zero-order chi connectivity index (χ0) is 13.0. The summed E-state index contributed by atoms with van der Waals surface area (Å²) in [5, 5.41) is 11.5. The number of carbonyl (C=O) groups is 2. The van der Waals surface area contributed by atoms with Crippen molar-refractivity contribution >= 4 is 45.1 Å². The molecule has 1 rings (SSSR count). The fraction of sp³-hybridized carbons (Fsp3) is 0.200. The fourth-order valence-electron chi connectivity index (χ4n) is 1.10. The smallest absolute Gasteiger partial charge is 0.305 e. The van der Waals surface area contributed by atoms with E-state index in [1.165, 1.54) is 6.07 Å². The molecule has 0 heterocycles. The Morgan fingerprint density at radius 1 is 1.53 bits per heavy atom. The summed E-state index contributed by atoms with van der Waals surface area (Å²) in [6.45, 7) is 0. The van der Waals surface area contributed by atoms with E-state index in [0.29, 0.717) is 15.2 Å². The maximum atomic E-state index is 11.5. The minimum atomic E-state index is -1.13. The number of carboxylic acids is 1. The van der Waals surface area contributed by atoms with Crippen molar-refractivity contribution in [1.29, 1.82) is 0 Å². The predicted molar refractivity (Wildman–Crippen MR) is 68.0 cm³/mol. The molecule has 1 amide bonds. The summed E-state index contributed by atoms with van der Waals surface area (Å²) in [6.07, 6.45) is -0.427. The van der Waals surface area contributed by atoms with Crippen LogP contribution in [0.5, 0.6) is 0 Å². The Labute approximate surface area is 111 Å². The summed E-state index contributed by atoms with van der Waals surface area (Å²) in [4.78, 5) is 21.9. The Morgan fingerprint density at radius 2 is 2.18 bits per heavy atom. The lowest BCUT2D eigenvalue weighted by Crippen LogP contribution is -2.37. The maximum Gasteiger partial charge on any atom is 0.305 e. The number of amides is 1. The average molecular weight is 322 g/mol. The number of hydrogen-bond donors (Lipinski definition) is 3. The highest BCUT2D eigenvalue weighted by Gasteiger charge is 2.17. The Balaban J connectivity index is 2.73. The molecule has 0 saturated heterocycles. The molecule has 7 heteroatoms. The summed E-state index contributed by atoms with van der Waals surface area (Å²) < 4.78 is 0.637. The Kier molecular flexibility index (Phi) is 4.92. The van der Waals surface area contributed by atoms with Crippen molar-refractivity contribution in [3.05, 3.63) is 27.7 Å². The van der Waals surface area contributed by atoms with Crippen LogP contribution in [0.1, 0.15) is 6.42 Å². The topological polar surface area (TPSA) is 92.4 Å². The van der Waals surface area contributed by atoms with Gasteiger partial charge in [0.25, 0.3) is 0 Å². The standard InChI is InChI=1S/C10H10BrClN2O3/c11-6-2-1-5(12)3-8(6)14-10(17)7(13)4-9(15)16/h1-3,7H,4,13H2,(H,14,17)(H,15,16). The van der Waals surface area contributed by atoms with Crippen molar-refractivity contribution in [3.63, 3.8) is 0 Å². The van der Waals surface area contributed by atoms with Gasteiger partial charge in [0.2, 0.25) is 5.91 Å². The normalized spacial score (nSPS) is 11.9. The van der Waals surface area contributed by atoms with Gasteiger partial charge in [0, 0.05) is 9.50 Å². The van der Waals surface area contributed by atoms with Gasteiger partial charge in [-0.1, -0.05) is 11.6 Å². The molecule has 1 aromatic rings. The first-order valence-electron chi connectivity index (χ1n) is 4.63. The van der Waals surface area contributed by atoms with Crippen LogP contribution in [-0.4, -0.2) is 23.0 Å². The second-order valence-corrected chi connectivity index (χ2v) is 4.61. The van der Waals surface area contributed by atoms with Gasteiger partial charge in [-0.15, -0.1) is 0 Å². The molecule has 0 aliphatic carbocycles. The highest BCUT2D eigenvalue weighted by molar-refractivity contribution is 9.10. The molecular weight excluding hydrogens is 311 g/mol. The highest BCUT2D eigenvalue weighted by atomic mass is 79.9. The first kappa shape index (κ1) is 14.0. The molecule has 92 valence electrons. The number of halogens is 2. The van der Waals surface area contributed by atoms with Crippen LogP contribution in [0.2, 0.25) is 5.02 Å². The number of rotatable bonds is 4. The lowest BCUT2D eigenvalue weighted by Gasteiger charge is -2.11. The van der Waals surface area contributed by atoms with E-state index in [9.17, 15) is 9.59 Å². The first-order valence-corrected chi connectivity index (χ1v) is 5.80. The van der Waals surface area contributed by atoms with E-state index >= 15 is 0 Å². The number of benzene rings is 1. The Bertz CT molecular complexity index is 453. The van der Waals surface area contributed by atoms with Crippen molar-refractivity contribution in [2.45, 2.75) is 12.5 Å². The van der Waals surface area contributed by atoms with Crippen LogP contribution in [0.3, 0.4) is 0 Å². The third-order valence-corrected chi connectivity index (χ3v) is 2.84. The molecule has 0 fully saturated rings. The van der Waals surface area contributed by atoms with Crippen LogP contribution >= 0.6 is 27.5 Å². The van der Waals surface area contributed by atoms with E-state index < -0.39 is 24.3 Å². The molecule has 5 nitrogen and oxygen atoms in total. The lowest BCUT2D eigenvalue weighted by atomic mass is 10.2. The third kappa shape index (κ3) is 4.33. The van der Waals surface area contributed by atoms with Gasteiger partial charge in [0.05, 0.1) is 18.2 Å². The quantitative estimate of drug-likeness (QED) is 0.789. The van der Waals surface area contributed by atoms with E-state index in [2.05, 4.69) is 21.2 Å². The number of anilines is 1. The van der Waals surface area contributed by atoms with Crippen LogP contribution in [0.25, 0.3) is 0 Å². The fourth-order valence-corrected chi connectivity index (χ4v) is 1.62. The van der Waals surface area contributed by atoms with E-state index in [1.807, 2.05) is 0 Å². The molecule has 17 heavy (non-hydrogen) atoms. The van der Waals surface area contributed by atoms with Gasteiger partial charge in [-0.3, -0.25) is 9.59 Å². The summed E-state index contributed by atoms with van der Waals surface area (Å²) in [6, 6.07) is 3.76. The van der Waals surface area contributed by atoms with Gasteiger partial charge in [0.15, 0.2) is 0 Å². The van der Waals surface area contributed by atoms with Gasteiger partial charge in [-0.05, 0) is 34.1 Å². The maximum absolute atomic E-state index is 11.5. The van der Waals surface area contributed by atoms with Gasteiger partial charge < -0.3 is 16.2 Å². The molecule has 0 radical (unpaired) electrons. The third-order valence-electron chi connectivity index (χ3n) is 1.92. The SMILES string of the molecule is NC(CC(=O)O)C(=O)Nc1cc(Cl)ccc1Br. The van der Waals surface area contributed by atoms with Crippen molar-refractivity contribution < 1.29 is 14.7 Å². The average Bonchev–Trinajstić information content (AvgIpc) is 2.22. The van der Waals surface area contributed by atoms with Crippen LogP contribution < -0.4 is 11.1 Å². The van der Waals surface area contributed by atoms with Gasteiger partial charge in [-0.25, -0.2) is 0 Å². The van der Waals surface area contributed by atoms with E-state index in [1.54, 1.807) is 12.1 Å². The molecular formula is C10H10BrClN2O3. The number of carboxylic acid groups (broad SMARTS) is 1. The summed E-state index contributed by atoms with van der Waals surface area (Å²) >= 11 is 9.00. The summed E-state index contributed by atoms with van der Waals surface area (Å²) in [7, 11) is 0. The number of hydrogen-bond acceptors (Lipinski definition) is 3. The second-order valence-electron chi connectivity index (χ2n) is 3.32. The predicted octanol–water partition coefficient (Wildman–Crippen LogP) is 1.84. The highest BCUT2D eigenvalue weighted by Crippen LogP contribution is 2.25. The molecule has 0 aliphatic rings. The number of nitrogens with two attached hydrogens (primary N) is 1. The van der Waals surface area contributed by atoms with Crippen molar-refractivity contribution in [2.24, 2.45) is 5.73 Å². The summed E-state index contributed by atoms with van der Waals surface area (Å²) in [5.74, 6) is -1.70. The largest absolute Gasteiger partial charge is 0.481 e. The van der Waals surface area contributed by atoms with Crippen molar-refractivity contribution in [2.75, 3.05) is 5.32 Å². The van der Waals surface area contributed by atoms with Crippen LogP contribution in [0.4, 0.5) is 5.69 Å². The van der Waals surface area contributed by atoms with Crippen molar-refractivity contribution in [3.8, 4) is 0 Å². The second kappa shape index (κ2) is 6.00. The van der Waals surface area contributed by atoms with Crippen molar-refractivity contribution in [1.82, 2.24) is 0 Å². The van der Waals surface area contributed by atoms with Crippen LogP contribution in [0.15, 0.2) is 22.7 Å². The molecule has 4 N–H and O–H groups in total. The number of aliphatic carboxylic acids is 1. The molecule has 1 atom stereocenters. The molecule has 0 spiro atoms. The zero-order valence-corrected chi connectivity index (χ0v) is 11.0. The van der Waals surface area contributed by atoms with E-state index in [0.717, 1.165) is 0 Å². The monoisotopic (exact) mass is 320 g/mol.